The molecule has 0 aliphatic rings. The Morgan fingerprint density at radius 1 is 1.19 bits per heavy atom. The lowest BCUT2D eigenvalue weighted by molar-refractivity contribution is 0.104. The van der Waals surface area contributed by atoms with Crippen LogP contribution in [0.15, 0.2) is 46.9 Å². The highest BCUT2D eigenvalue weighted by Gasteiger charge is 2.08. The van der Waals surface area contributed by atoms with E-state index in [0.29, 0.717) is 6.42 Å². The molecule has 1 N–H and O–H groups in total. The molecule has 2 aromatic rings. The van der Waals surface area contributed by atoms with Gasteiger partial charge in [-0.2, -0.15) is 0 Å². The number of Topliss-reactive ketones (excluding diaryl/α,β-unsaturated/α-hetero) is 1. The van der Waals surface area contributed by atoms with Crippen molar-refractivity contribution in [3.63, 3.8) is 0 Å². The molecule has 1 aromatic heterocycles. The van der Waals surface area contributed by atoms with Crippen molar-refractivity contribution in [3.05, 3.63) is 59.5 Å². The summed E-state index contributed by atoms with van der Waals surface area (Å²) in [5, 5.41) is 6.84. The summed E-state index contributed by atoms with van der Waals surface area (Å²) in [5.41, 5.74) is 1.13. The number of benzene rings is 1. The number of ketones is 1. The molecule has 80 valence electrons. The molecule has 3 heteroatoms. The monoisotopic (exact) mass is 213 g/mol. The second kappa shape index (κ2) is 4.57. The summed E-state index contributed by atoms with van der Waals surface area (Å²) in [6, 6.07) is 13.2. The van der Waals surface area contributed by atoms with Gasteiger partial charge in [-0.3, -0.25) is 4.79 Å². The fourth-order valence-electron chi connectivity index (χ4n) is 1.47. The van der Waals surface area contributed by atoms with E-state index in [9.17, 15) is 4.79 Å². The molecule has 16 heavy (non-hydrogen) atoms. The molecular formula is C13H11NO2. The van der Waals surface area contributed by atoms with Gasteiger partial charge in [0.2, 0.25) is 5.78 Å². The fourth-order valence-corrected chi connectivity index (χ4v) is 1.47. The molecule has 0 saturated carbocycles. The van der Waals surface area contributed by atoms with Gasteiger partial charge in [-0.05, 0) is 17.7 Å². The number of hydrogen-bond acceptors (Lipinski definition) is 3. The van der Waals surface area contributed by atoms with Gasteiger partial charge in [0.05, 0.1) is 6.21 Å². The van der Waals surface area contributed by atoms with E-state index in [-0.39, 0.29) is 5.76 Å². The molecule has 0 aliphatic carbocycles. The highest BCUT2D eigenvalue weighted by atomic mass is 16.3. The van der Waals surface area contributed by atoms with Crippen molar-refractivity contribution in [2.45, 2.75) is 6.42 Å². The maximum Gasteiger partial charge on any atom is 0.238 e. The van der Waals surface area contributed by atoms with E-state index in [4.69, 9.17) is 9.83 Å². The minimum Gasteiger partial charge on any atom is -0.457 e. The Hall–Kier alpha value is -2.16. The van der Waals surface area contributed by atoms with Gasteiger partial charge in [0.25, 0.3) is 0 Å². The molecule has 2 rings (SSSR count). The maximum absolute atomic E-state index is 11.1. The highest BCUT2D eigenvalue weighted by molar-refractivity contribution is 6.33. The molecule has 1 heterocycles. The standard InChI is InChI=1S/C13H11NO2/c14-9-12(15)13-7-6-11(16-13)8-10-4-2-1-3-5-10/h1-7,9,14H,8H2. The first-order valence-electron chi connectivity index (χ1n) is 4.97. The molecule has 0 fully saturated rings. The van der Waals surface area contributed by atoms with Crippen LogP contribution < -0.4 is 0 Å². The van der Waals surface area contributed by atoms with Crippen LogP contribution in [-0.2, 0) is 6.42 Å². The fraction of sp³-hybridized carbons (Fsp3) is 0.0769. The third-order valence-corrected chi connectivity index (χ3v) is 2.26. The van der Waals surface area contributed by atoms with Crippen LogP contribution >= 0.6 is 0 Å². The molecule has 0 aliphatic heterocycles. The normalized spacial score (nSPS) is 10.0. The molecule has 0 spiro atoms. The summed E-state index contributed by atoms with van der Waals surface area (Å²) >= 11 is 0. The lowest BCUT2D eigenvalue weighted by Crippen LogP contribution is -1.96. The van der Waals surface area contributed by atoms with Gasteiger partial charge in [-0.15, -0.1) is 0 Å². The quantitative estimate of drug-likeness (QED) is 0.627. The second-order valence-corrected chi connectivity index (χ2v) is 3.44. The molecule has 0 saturated heterocycles. The smallest absolute Gasteiger partial charge is 0.238 e. The molecule has 0 atom stereocenters. The predicted octanol–water partition coefficient (Wildman–Crippen LogP) is 2.70. The van der Waals surface area contributed by atoms with E-state index in [1.54, 1.807) is 12.1 Å². The molecule has 0 radical (unpaired) electrons. The Morgan fingerprint density at radius 3 is 2.62 bits per heavy atom. The lowest BCUT2D eigenvalue weighted by Gasteiger charge is -1.96. The first-order chi connectivity index (χ1) is 7.79. The summed E-state index contributed by atoms with van der Waals surface area (Å²) in [6.07, 6.45) is 1.41. The van der Waals surface area contributed by atoms with E-state index in [1.807, 2.05) is 30.3 Å². The number of hydrogen-bond donors (Lipinski definition) is 1. The summed E-state index contributed by atoms with van der Waals surface area (Å²) in [5.74, 6) is 0.552. The molecule has 0 amide bonds. The Bertz CT molecular complexity index is 500. The minimum atomic E-state index is -0.403. The maximum atomic E-state index is 11.1. The van der Waals surface area contributed by atoms with Crippen molar-refractivity contribution in [1.29, 1.82) is 5.41 Å². The second-order valence-electron chi connectivity index (χ2n) is 3.44. The Labute approximate surface area is 93.2 Å². The summed E-state index contributed by atoms with van der Waals surface area (Å²) < 4.78 is 5.34. The number of furan rings is 1. The van der Waals surface area contributed by atoms with Crippen molar-refractivity contribution in [2.24, 2.45) is 0 Å². The average molecular weight is 213 g/mol. The lowest BCUT2D eigenvalue weighted by atomic mass is 10.1. The van der Waals surface area contributed by atoms with Crippen molar-refractivity contribution >= 4 is 12.0 Å². The Balaban J connectivity index is 2.14. The van der Waals surface area contributed by atoms with Gasteiger partial charge < -0.3 is 9.83 Å². The molecular weight excluding hydrogens is 202 g/mol. The van der Waals surface area contributed by atoms with Gasteiger partial charge in [0, 0.05) is 6.42 Å². The van der Waals surface area contributed by atoms with Gasteiger partial charge >= 0.3 is 0 Å². The van der Waals surface area contributed by atoms with Crippen molar-refractivity contribution < 1.29 is 9.21 Å². The third-order valence-electron chi connectivity index (χ3n) is 2.26. The zero-order valence-corrected chi connectivity index (χ0v) is 8.64. The summed E-state index contributed by atoms with van der Waals surface area (Å²) in [7, 11) is 0. The van der Waals surface area contributed by atoms with Crippen LogP contribution in [-0.4, -0.2) is 12.0 Å². The summed E-state index contributed by atoms with van der Waals surface area (Å²) in [4.78, 5) is 11.1. The highest BCUT2D eigenvalue weighted by Crippen LogP contribution is 2.13. The van der Waals surface area contributed by atoms with Gasteiger partial charge in [-0.1, -0.05) is 30.3 Å². The topological polar surface area (TPSA) is 54.1 Å². The first kappa shape index (κ1) is 10.4. The SMILES string of the molecule is N=CC(=O)c1ccc(Cc2ccccc2)o1. The van der Waals surface area contributed by atoms with Crippen LogP contribution in [0.5, 0.6) is 0 Å². The van der Waals surface area contributed by atoms with E-state index < -0.39 is 5.78 Å². The van der Waals surface area contributed by atoms with Crippen LogP contribution in [0.4, 0.5) is 0 Å². The third kappa shape index (κ3) is 2.25. The van der Waals surface area contributed by atoms with E-state index in [2.05, 4.69) is 0 Å². The number of nitrogens with one attached hydrogen (secondary N) is 1. The van der Waals surface area contributed by atoms with Crippen LogP contribution in [0.25, 0.3) is 0 Å². The molecule has 0 bridgehead atoms. The van der Waals surface area contributed by atoms with Gasteiger partial charge in [0.15, 0.2) is 5.76 Å². The van der Waals surface area contributed by atoms with Gasteiger partial charge in [0.1, 0.15) is 5.76 Å². The molecule has 0 unspecified atom stereocenters. The minimum absolute atomic E-state index is 0.223. The summed E-state index contributed by atoms with van der Waals surface area (Å²) in [6.45, 7) is 0. The predicted molar refractivity (Wildman–Crippen MR) is 61.1 cm³/mol. The average Bonchev–Trinajstić information content (AvgIpc) is 2.78. The zero-order valence-electron chi connectivity index (χ0n) is 8.64. The van der Waals surface area contributed by atoms with Crippen LogP contribution in [0.3, 0.4) is 0 Å². The van der Waals surface area contributed by atoms with Crippen molar-refractivity contribution in [1.82, 2.24) is 0 Å². The van der Waals surface area contributed by atoms with E-state index in [0.717, 1.165) is 17.5 Å². The van der Waals surface area contributed by atoms with Crippen molar-refractivity contribution in [3.8, 4) is 0 Å². The Kier molecular flexibility index (Phi) is 2.96. The number of carbonyl (C=O) groups is 1. The van der Waals surface area contributed by atoms with Crippen LogP contribution in [0.1, 0.15) is 21.9 Å². The molecule has 3 nitrogen and oxygen atoms in total. The zero-order chi connectivity index (χ0) is 11.4. The first-order valence-corrected chi connectivity index (χ1v) is 4.97. The Morgan fingerprint density at radius 2 is 1.94 bits per heavy atom. The van der Waals surface area contributed by atoms with Gasteiger partial charge in [-0.25, -0.2) is 0 Å². The number of rotatable bonds is 4. The largest absolute Gasteiger partial charge is 0.457 e. The van der Waals surface area contributed by atoms with Crippen molar-refractivity contribution in [2.75, 3.05) is 0 Å². The van der Waals surface area contributed by atoms with E-state index >= 15 is 0 Å². The van der Waals surface area contributed by atoms with Crippen LogP contribution in [0.2, 0.25) is 0 Å². The van der Waals surface area contributed by atoms with Crippen LogP contribution in [0, 0.1) is 5.41 Å². The number of carbonyl (C=O) groups excluding carboxylic acids is 1. The molecule has 1 aromatic carbocycles. The van der Waals surface area contributed by atoms with E-state index in [1.165, 1.54) is 0 Å².